The van der Waals surface area contributed by atoms with Crippen molar-refractivity contribution in [3.63, 3.8) is 0 Å². The third kappa shape index (κ3) is 5.03. The van der Waals surface area contributed by atoms with Gasteiger partial charge in [-0.1, -0.05) is 58.6 Å². The summed E-state index contributed by atoms with van der Waals surface area (Å²) in [5.74, 6) is 0.611. The highest BCUT2D eigenvalue weighted by Crippen LogP contribution is 2.35. The number of carbonyl (C=O) groups excluding carboxylic acids is 2. The summed E-state index contributed by atoms with van der Waals surface area (Å²) in [7, 11) is 0. The van der Waals surface area contributed by atoms with Crippen molar-refractivity contribution in [1.82, 2.24) is 14.9 Å². The molecule has 0 radical (unpaired) electrons. The Labute approximate surface area is 219 Å². The number of carbonyl (C=O) groups is 2. The van der Waals surface area contributed by atoms with Crippen molar-refractivity contribution in [3.8, 4) is 11.5 Å². The number of anilines is 1. The molecule has 0 saturated carbocycles. The Bertz CT molecular complexity index is 1430. The quantitative estimate of drug-likeness (QED) is 0.377. The minimum absolute atomic E-state index is 0.179. The first-order chi connectivity index (χ1) is 17.9. The summed E-state index contributed by atoms with van der Waals surface area (Å²) in [5, 5.41) is 8.65. The lowest BCUT2D eigenvalue weighted by Crippen LogP contribution is -2.44. The molecule has 1 unspecified atom stereocenters. The van der Waals surface area contributed by atoms with Gasteiger partial charge in [-0.05, 0) is 66.7 Å². The van der Waals surface area contributed by atoms with Gasteiger partial charge in [-0.25, -0.2) is 0 Å². The molecular weight excluding hydrogens is 488 g/mol. The van der Waals surface area contributed by atoms with Crippen molar-refractivity contribution in [1.29, 1.82) is 0 Å². The van der Waals surface area contributed by atoms with E-state index in [4.69, 9.17) is 9.47 Å². The fraction of sp³-hybridized carbons (Fsp3) is 0.214. The molecule has 1 atom stereocenters. The molecular formula is C28H26N4O4S. The van der Waals surface area contributed by atoms with E-state index in [9.17, 15) is 9.59 Å². The minimum Gasteiger partial charge on any atom is -0.454 e. The predicted molar refractivity (Wildman–Crippen MR) is 141 cm³/mol. The van der Waals surface area contributed by atoms with Crippen LogP contribution in [0.25, 0.3) is 0 Å². The standard InChI is InChI=1S/C28H26N4O4S/c1-17-6-4-9-21(12-17)26(27(33)29-14-20-10-11-23-24(13-20)36-16-35-23)32(28(34)22-15-37-31-30-22)25-18(2)7-5-8-19(25)3/h4-13,15,26H,14,16H2,1-3H3,(H,29,33). The Balaban J connectivity index is 1.56. The Morgan fingerprint density at radius 3 is 2.49 bits per heavy atom. The van der Waals surface area contributed by atoms with E-state index in [0.717, 1.165) is 33.8 Å². The number of nitrogens with one attached hydrogen (secondary N) is 1. The van der Waals surface area contributed by atoms with Gasteiger partial charge in [0.1, 0.15) is 6.04 Å². The van der Waals surface area contributed by atoms with Crippen LogP contribution in [0.2, 0.25) is 0 Å². The summed E-state index contributed by atoms with van der Waals surface area (Å²) in [5.41, 5.74) is 5.14. The molecule has 5 rings (SSSR count). The second kappa shape index (κ2) is 10.4. The van der Waals surface area contributed by atoms with Gasteiger partial charge in [0, 0.05) is 11.9 Å². The van der Waals surface area contributed by atoms with Crippen molar-refractivity contribution in [2.75, 3.05) is 11.7 Å². The Hall–Kier alpha value is -4.24. The molecule has 8 nitrogen and oxygen atoms in total. The third-order valence-electron chi connectivity index (χ3n) is 6.25. The van der Waals surface area contributed by atoms with Crippen LogP contribution in [0.3, 0.4) is 0 Å². The molecule has 1 aliphatic rings. The van der Waals surface area contributed by atoms with E-state index < -0.39 is 11.9 Å². The molecule has 188 valence electrons. The van der Waals surface area contributed by atoms with Crippen LogP contribution < -0.4 is 19.7 Å². The van der Waals surface area contributed by atoms with Gasteiger partial charge in [-0.15, -0.1) is 5.10 Å². The van der Waals surface area contributed by atoms with Gasteiger partial charge in [0.2, 0.25) is 12.7 Å². The van der Waals surface area contributed by atoms with Gasteiger partial charge < -0.3 is 14.8 Å². The molecule has 0 saturated heterocycles. The average Bonchev–Trinajstić information content (AvgIpc) is 3.58. The molecule has 0 spiro atoms. The monoisotopic (exact) mass is 514 g/mol. The number of aromatic nitrogens is 2. The molecule has 0 aliphatic carbocycles. The SMILES string of the molecule is Cc1cccc(C(C(=O)NCc2ccc3c(c2)OCO3)N(C(=O)c2csnn2)c2c(C)cccc2C)c1. The molecule has 2 amide bonds. The maximum atomic E-state index is 14.0. The van der Waals surface area contributed by atoms with E-state index in [1.165, 1.54) is 0 Å². The van der Waals surface area contributed by atoms with Crippen molar-refractivity contribution in [2.45, 2.75) is 33.4 Å². The molecule has 0 fully saturated rings. The Morgan fingerprint density at radius 2 is 1.76 bits per heavy atom. The highest BCUT2D eigenvalue weighted by Gasteiger charge is 2.36. The van der Waals surface area contributed by atoms with Crippen molar-refractivity contribution in [3.05, 3.63) is 99.6 Å². The number of hydrogen-bond acceptors (Lipinski definition) is 7. The first kappa shape index (κ1) is 24.5. The van der Waals surface area contributed by atoms with Gasteiger partial charge >= 0.3 is 0 Å². The van der Waals surface area contributed by atoms with E-state index >= 15 is 0 Å². The lowest BCUT2D eigenvalue weighted by molar-refractivity contribution is -0.122. The molecule has 9 heteroatoms. The molecule has 1 N–H and O–H groups in total. The first-order valence-corrected chi connectivity index (χ1v) is 12.7. The van der Waals surface area contributed by atoms with Crippen molar-refractivity contribution >= 4 is 29.0 Å². The third-order valence-corrected chi connectivity index (χ3v) is 6.75. The molecule has 1 aliphatic heterocycles. The zero-order chi connectivity index (χ0) is 25.9. The number of aryl methyl sites for hydroxylation is 3. The zero-order valence-electron chi connectivity index (χ0n) is 20.7. The summed E-state index contributed by atoms with van der Waals surface area (Å²) in [6, 6.07) is 18.0. The van der Waals surface area contributed by atoms with Gasteiger partial charge in [0.25, 0.3) is 5.91 Å². The maximum Gasteiger partial charge on any atom is 0.280 e. The molecule has 4 aromatic rings. The van der Waals surface area contributed by atoms with Crippen LogP contribution in [0.4, 0.5) is 5.69 Å². The molecule has 1 aromatic heterocycles. The van der Waals surface area contributed by atoms with Crippen LogP contribution >= 0.6 is 11.5 Å². The van der Waals surface area contributed by atoms with Gasteiger partial charge in [-0.2, -0.15) is 0 Å². The topological polar surface area (TPSA) is 93.7 Å². The predicted octanol–water partition coefficient (Wildman–Crippen LogP) is 4.90. The van der Waals surface area contributed by atoms with Crippen LogP contribution in [-0.2, 0) is 11.3 Å². The van der Waals surface area contributed by atoms with Gasteiger partial charge in [-0.3, -0.25) is 14.5 Å². The van der Waals surface area contributed by atoms with E-state index in [0.29, 0.717) is 22.7 Å². The van der Waals surface area contributed by atoms with E-state index in [2.05, 4.69) is 14.9 Å². The molecule has 37 heavy (non-hydrogen) atoms. The highest BCUT2D eigenvalue weighted by molar-refractivity contribution is 7.03. The average molecular weight is 515 g/mol. The van der Waals surface area contributed by atoms with E-state index in [1.54, 1.807) is 10.3 Å². The fourth-order valence-electron chi connectivity index (χ4n) is 4.51. The van der Waals surface area contributed by atoms with Crippen LogP contribution in [0.15, 0.2) is 66.0 Å². The number of ether oxygens (including phenoxy) is 2. The number of hydrogen-bond donors (Lipinski definition) is 1. The van der Waals surface area contributed by atoms with Crippen molar-refractivity contribution < 1.29 is 19.1 Å². The molecule has 3 aromatic carbocycles. The number of para-hydroxylation sites is 1. The second-order valence-corrected chi connectivity index (χ2v) is 9.54. The Morgan fingerprint density at radius 1 is 1.00 bits per heavy atom. The van der Waals surface area contributed by atoms with Crippen LogP contribution in [0.1, 0.15) is 44.3 Å². The lowest BCUT2D eigenvalue weighted by Gasteiger charge is -2.33. The summed E-state index contributed by atoms with van der Waals surface area (Å²) >= 11 is 1.09. The Kier molecular flexibility index (Phi) is 6.87. The number of fused-ring (bicyclic) bond motifs is 1. The minimum atomic E-state index is -0.942. The lowest BCUT2D eigenvalue weighted by atomic mass is 9.98. The largest absolute Gasteiger partial charge is 0.454 e. The van der Waals surface area contributed by atoms with Crippen LogP contribution in [-0.4, -0.2) is 28.2 Å². The normalized spacial score (nSPS) is 12.7. The van der Waals surface area contributed by atoms with Crippen molar-refractivity contribution in [2.24, 2.45) is 0 Å². The smallest absolute Gasteiger partial charge is 0.280 e. The highest BCUT2D eigenvalue weighted by atomic mass is 32.1. The number of benzene rings is 3. The molecule has 2 heterocycles. The summed E-state index contributed by atoms with van der Waals surface area (Å²) in [6.07, 6.45) is 0. The first-order valence-electron chi connectivity index (χ1n) is 11.8. The van der Waals surface area contributed by atoms with E-state index in [-0.39, 0.29) is 24.9 Å². The summed E-state index contributed by atoms with van der Waals surface area (Å²) < 4.78 is 14.7. The molecule has 0 bridgehead atoms. The summed E-state index contributed by atoms with van der Waals surface area (Å²) in [6.45, 7) is 6.25. The summed E-state index contributed by atoms with van der Waals surface area (Å²) in [4.78, 5) is 29.5. The number of nitrogens with zero attached hydrogens (tertiary/aromatic N) is 3. The van der Waals surface area contributed by atoms with Gasteiger partial charge in [0.05, 0.1) is 5.69 Å². The fourth-order valence-corrected chi connectivity index (χ4v) is 4.94. The van der Waals surface area contributed by atoms with Crippen LogP contribution in [0, 0.1) is 20.8 Å². The van der Waals surface area contributed by atoms with E-state index in [1.807, 2.05) is 81.4 Å². The maximum absolute atomic E-state index is 14.0. The number of amides is 2. The zero-order valence-corrected chi connectivity index (χ0v) is 21.5. The van der Waals surface area contributed by atoms with Crippen LogP contribution in [0.5, 0.6) is 11.5 Å². The van der Waals surface area contributed by atoms with Gasteiger partial charge in [0.15, 0.2) is 17.2 Å². The number of rotatable bonds is 7. The second-order valence-electron chi connectivity index (χ2n) is 8.93.